The second-order valence-electron chi connectivity index (χ2n) is 5.68. The molecule has 0 spiro atoms. The molecule has 26 heavy (non-hydrogen) atoms. The number of anilines is 1. The summed E-state index contributed by atoms with van der Waals surface area (Å²) in [6.07, 6.45) is 2.86. The molecule has 136 valence electrons. The highest BCUT2D eigenvalue weighted by Gasteiger charge is 2.16. The monoisotopic (exact) mass is 353 g/mol. The summed E-state index contributed by atoms with van der Waals surface area (Å²) in [6, 6.07) is 16.9. The van der Waals surface area contributed by atoms with Gasteiger partial charge in [0.2, 0.25) is 0 Å². The van der Waals surface area contributed by atoms with Crippen LogP contribution < -0.4 is 10.1 Å². The van der Waals surface area contributed by atoms with E-state index in [1.54, 1.807) is 30.3 Å². The first-order valence-electron chi connectivity index (χ1n) is 8.53. The summed E-state index contributed by atoms with van der Waals surface area (Å²) in [5.74, 6) is -0.212. The molecule has 0 aliphatic carbocycles. The molecule has 1 N–H and O–H groups in total. The molecule has 2 aromatic rings. The average molecular weight is 353 g/mol. The van der Waals surface area contributed by atoms with Gasteiger partial charge in [0.25, 0.3) is 5.91 Å². The number of ether oxygens (including phenoxy) is 2. The molecule has 0 aromatic heterocycles. The van der Waals surface area contributed by atoms with E-state index in [0.717, 1.165) is 12.0 Å². The first kappa shape index (κ1) is 19.2. The van der Waals surface area contributed by atoms with Gasteiger partial charge >= 0.3 is 5.97 Å². The Labute approximate surface area is 153 Å². The Morgan fingerprint density at radius 3 is 2.42 bits per heavy atom. The van der Waals surface area contributed by atoms with E-state index in [1.165, 1.54) is 13.0 Å². The van der Waals surface area contributed by atoms with Crippen LogP contribution in [0.15, 0.2) is 66.7 Å². The molecule has 0 heterocycles. The number of rotatable bonds is 8. The van der Waals surface area contributed by atoms with E-state index in [9.17, 15) is 9.59 Å². The standard InChI is InChI=1S/C21H23NO4/c1-3-4-10-20(23)26-16(2)21(24)22-18-11-13-19(14-12-18)25-15-17-8-6-5-7-9-17/h4-14,16H,3,15H2,1-2H3,(H,22,24)/b10-4+/t16-/m0/s1. The van der Waals surface area contributed by atoms with Crippen LogP contribution in [0.2, 0.25) is 0 Å². The van der Waals surface area contributed by atoms with Crippen LogP contribution in [0.4, 0.5) is 5.69 Å². The lowest BCUT2D eigenvalue weighted by atomic mass is 10.2. The second-order valence-corrected chi connectivity index (χ2v) is 5.68. The molecule has 1 amide bonds. The van der Waals surface area contributed by atoms with E-state index in [2.05, 4.69) is 5.32 Å². The lowest BCUT2D eigenvalue weighted by Gasteiger charge is -2.13. The Hall–Kier alpha value is -3.08. The number of carbonyl (C=O) groups excluding carboxylic acids is 2. The fourth-order valence-corrected chi connectivity index (χ4v) is 2.10. The van der Waals surface area contributed by atoms with E-state index in [0.29, 0.717) is 18.0 Å². The molecule has 2 rings (SSSR count). The van der Waals surface area contributed by atoms with Crippen LogP contribution in [-0.4, -0.2) is 18.0 Å². The molecule has 2 aromatic carbocycles. The number of nitrogens with one attached hydrogen (secondary N) is 1. The molecular weight excluding hydrogens is 330 g/mol. The molecule has 0 fully saturated rings. The molecular formula is C21H23NO4. The van der Waals surface area contributed by atoms with Crippen LogP contribution in [0.3, 0.4) is 0 Å². The van der Waals surface area contributed by atoms with Crippen molar-refractivity contribution in [2.45, 2.75) is 33.0 Å². The van der Waals surface area contributed by atoms with E-state index in [1.807, 2.05) is 37.3 Å². The van der Waals surface area contributed by atoms with Crippen molar-refractivity contribution in [3.8, 4) is 5.75 Å². The quantitative estimate of drug-likeness (QED) is 0.573. The van der Waals surface area contributed by atoms with Crippen molar-refractivity contribution in [2.24, 2.45) is 0 Å². The Balaban J connectivity index is 1.83. The zero-order valence-electron chi connectivity index (χ0n) is 15.0. The van der Waals surface area contributed by atoms with Gasteiger partial charge in [0, 0.05) is 11.8 Å². The normalized spacial score (nSPS) is 11.8. The zero-order valence-corrected chi connectivity index (χ0v) is 15.0. The summed E-state index contributed by atoms with van der Waals surface area (Å²) in [6.45, 7) is 3.92. The largest absolute Gasteiger partial charge is 0.489 e. The third-order valence-corrected chi connectivity index (χ3v) is 3.52. The van der Waals surface area contributed by atoms with E-state index in [-0.39, 0.29) is 5.91 Å². The summed E-state index contributed by atoms with van der Waals surface area (Å²) < 4.78 is 10.7. The lowest BCUT2D eigenvalue weighted by molar-refractivity contribution is -0.148. The minimum atomic E-state index is -0.877. The fraction of sp³-hybridized carbons (Fsp3) is 0.238. The highest BCUT2D eigenvalue weighted by atomic mass is 16.5. The molecule has 0 bridgehead atoms. The van der Waals surface area contributed by atoms with E-state index in [4.69, 9.17) is 9.47 Å². The second kappa shape index (κ2) is 10.0. The van der Waals surface area contributed by atoms with Gasteiger partial charge in [-0.1, -0.05) is 43.3 Å². The van der Waals surface area contributed by atoms with Crippen molar-refractivity contribution >= 4 is 17.6 Å². The number of carbonyl (C=O) groups is 2. The summed E-state index contributed by atoms with van der Waals surface area (Å²) in [7, 11) is 0. The van der Waals surface area contributed by atoms with Crippen molar-refractivity contribution in [3.63, 3.8) is 0 Å². The average Bonchev–Trinajstić information content (AvgIpc) is 2.66. The van der Waals surface area contributed by atoms with Crippen molar-refractivity contribution in [2.75, 3.05) is 5.32 Å². The molecule has 0 aliphatic rings. The topological polar surface area (TPSA) is 64.6 Å². The molecule has 0 saturated carbocycles. The Bertz CT molecular complexity index is 738. The van der Waals surface area contributed by atoms with Crippen molar-refractivity contribution in [1.82, 2.24) is 0 Å². The highest BCUT2D eigenvalue weighted by molar-refractivity contribution is 5.95. The summed E-state index contributed by atoms with van der Waals surface area (Å²) in [5, 5.41) is 2.71. The molecule has 1 atom stereocenters. The Morgan fingerprint density at radius 1 is 1.08 bits per heavy atom. The van der Waals surface area contributed by atoms with Crippen molar-refractivity contribution < 1.29 is 19.1 Å². The summed E-state index contributed by atoms with van der Waals surface area (Å²) >= 11 is 0. The van der Waals surface area contributed by atoms with Gasteiger partial charge in [-0.2, -0.15) is 0 Å². The first-order chi connectivity index (χ1) is 12.6. The number of esters is 1. The van der Waals surface area contributed by atoms with Crippen LogP contribution >= 0.6 is 0 Å². The summed E-state index contributed by atoms with van der Waals surface area (Å²) in [5.41, 5.74) is 1.69. The predicted octanol–water partition coefficient (Wildman–Crippen LogP) is 4.10. The maximum absolute atomic E-state index is 12.1. The number of hydrogen-bond donors (Lipinski definition) is 1. The number of allylic oxidation sites excluding steroid dienone is 1. The van der Waals surface area contributed by atoms with Crippen LogP contribution in [0, 0.1) is 0 Å². The van der Waals surface area contributed by atoms with Gasteiger partial charge in [0.15, 0.2) is 6.10 Å². The number of benzene rings is 2. The lowest BCUT2D eigenvalue weighted by Crippen LogP contribution is -2.29. The Kier molecular flexibility index (Phi) is 7.43. The molecule has 0 unspecified atom stereocenters. The third-order valence-electron chi connectivity index (χ3n) is 3.52. The number of hydrogen-bond acceptors (Lipinski definition) is 4. The van der Waals surface area contributed by atoms with Gasteiger partial charge in [0.05, 0.1) is 0 Å². The van der Waals surface area contributed by atoms with Gasteiger partial charge in [-0.3, -0.25) is 4.79 Å². The van der Waals surface area contributed by atoms with Crippen molar-refractivity contribution in [1.29, 1.82) is 0 Å². The molecule has 5 heteroatoms. The van der Waals surface area contributed by atoms with Crippen LogP contribution in [-0.2, 0) is 20.9 Å². The van der Waals surface area contributed by atoms with Crippen LogP contribution in [0.5, 0.6) is 5.75 Å². The Morgan fingerprint density at radius 2 is 1.77 bits per heavy atom. The van der Waals surface area contributed by atoms with E-state index >= 15 is 0 Å². The smallest absolute Gasteiger partial charge is 0.331 e. The minimum Gasteiger partial charge on any atom is -0.489 e. The first-order valence-corrected chi connectivity index (χ1v) is 8.53. The minimum absolute atomic E-state index is 0.388. The van der Waals surface area contributed by atoms with Gasteiger partial charge in [-0.25, -0.2) is 4.79 Å². The fourth-order valence-electron chi connectivity index (χ4n) is 2.10. The highest BCUT2D eigenvalue weighted by Crippen LogP contribution is 2.17. The van der Waals surface area contributed by atoms with Crippen molar-refractivity contribution in [3.05, 3.63) is 72.3 Å². The zero-order chi connectivity index (χ0) is 18.8. The summed E-state index contributed by atoms with van der Waals surface area (Å²) in [4.78, 5) is 23.6. The molecule has 0 radical (unpaired) electrons. The van der Waals surface area contributed by atoms with Gasteiger partial charge in [-0.15, -0.1) is 0 Å². The van der Waals surface area contributed by atoms with Crippen LogP contribution in [0.1, 0.15) is 25.8 Å². The molecule has 0 saturated heterocycles. The van der Waals surface area contributed by atoms with E-state index < -0.39 is 12.1 Å². The van der Waals surface area contributed by atoms with Gasteiger partial charge in [0.1, 0.15) is 12.4 Å². The molecule has 5 nitrogen and oxygen atoms in total. The maximum Gasteiger partial charge on any atom is 0.331 e. The maximum atomic E-state index is 12.1. The number of amides is 1. The molecule has 0 aliphatic heterocycles. The SMILES string of the molecule is CC/C=C/C(=O)O[C@@H](C)C(=O)Nc1ccc(OCc2ccccc2)cc1. The van der Waals surface area contributed by atoms with Gasteiger partial charge in [-0.05, 0) is 43.2 Å². The predicted molar refractivity (Wildman–Crippen MR) is 101 cm³/mol. The van der Waals surface area contributed by atoms with Crippen LogP contribution in [0.25, 0.3) is 0 Å². The van der Waals surface area contributed by atoms with Gasteiger partial charge < -0.3 is 14.8 Å². The third kappa shape index (κ3) is 6.43.